The smallest absolute Gasteiger partial charge is 0.293 e. The van der Waals surface area contributed by atoms with Gasteiger partial charge < -0.3 is 10.3 Å². The maximum absolute atomic E-state index is 15.3. The van der Waals surface area contributed by atoms with Crippen molar-refractivity contribution < 1.29 is 39.6 Å². The van der Waals surface area contributed by atoms with E-state index in [1.807, 2.05) is 0 Å². The predicted octanol–water partition coefficient (Wildman–Crippen LogP) is 6.41. The van der Waals surface area contributed by atoms with Gasteiger partial charge in [0, 0.05) is 34.9 Å². The number of aromatic amines is 1. The number of hydrogen-bond acceptors (Lipinski definition) is 6. The van der Waals surface area contributed by atoms with Gasteiger partial charge >= 0.3 is 0 Å². The van der Waals surface area contributed by atoms with Crippen LogP contribution >= 0.6 is 11.6 Å². The quantitative estimate of drug-likeness (QED) is 0.149. The standard InChI is InChI=1S/C34H26ClF6N7O3S/c1-52(50,51)47-33-27-20(12-43-33)17(2-3-22(27)35)18-11-24-23(4-5-42-24)45-29(18)25(8-14-6-15(36)9-16(37)7-14)44-26(49)13-48-31-28(30(46-48)32(38)39)19-10-21(19)34(31,40)41/h2-7,9,11,19,21,25,32,42H,8,10,12-13H2,1H3,(H,43,47)(H,44,49)/t19-,21+,25-/m0/s1. The number of aromatic nitrogens is 4. The zero-order chi connectivity index (χ0) is 36.9. The molecule has 10 nitrogen and oxygen atoms in total. The Morgan fingerprint density at radius 1 is 1.10 bits per heavy atom. The molecule has 3 aliphatic rings. The van der Waals surface area contributed by atoms with E-state index in [-0.39, 0.29) is 47.1 Å². The Labute approximate surface area is 296 Å². The number of halogens is 7. The topological polar surface area (TPSA) is 134 Å². The highest BCUT2D eigenvalue weighted by molar-refractivity contribution is 7.89. The van der Waals surface area contributed by atoms with Crippen LogP contribution in [0.25, 0.3) is 22.2 Å². The van der Waals surface area contributed by atoms with Crippen molar-refractivity contribution in [3.8, 4) is 11.1 Å². The van der Waals surface area contributed by atoms with Crippen LogP contribution in [0.3, 0.4) is 0 Å². The molecule has 52 heavy (non-hydrogen) atoms. The van der Waals surface area contributed by atoms with Gasteiger partial charge in [-0.05, 0) is 65.8 Å². The fraction of sp³-hybridized carbons (Fsp3) is 0.294. The van der Waals surface area contributed by atoms with E-state index in [0.717, 1.165) is 18.4 Å². The third-order valence-electron chi connectivity index (χ3n) is 9.52. The molecule has 1 amide bonds. The lowest BCUT2D eigenvalue weighted by Crippen LogP contribution is -2.35. The second-order valence-electron chi connectivity index (χ2n) is 13.1. The number of carbonyl (C=O) groups excluding carboxylic acids is 1. The lowest BCUT2D eigenvalue weighted by Gasteiger charge is -2.23. The highest BCUT2D eigenvalue weighted by Gasteiger charge is 2.67. The summed E-state index contributed by atoms with van der Waals surface area (Å²) in [6.07, 6.45) is -0.755. The average molecular weight is 762 g/mol. The van der Waals surface area contributed by atoms with Gasteiger partial charge in [-0.25, -0.2) is 31.0 Å². The van der Waals surface area contributed by atoms with E-state index in [1.165, 1.54) is 6.07 Å². The third kappa shape index (κ3) is 5.88. The van der Waals surface area contributed by atoms with E-state index in [4.69, 9.17) is 16.6 Å². The van der Waals surface area contributed by atoms with E-state index < -0.39 is 75.7 Å². The molecule has 2 aromatic carbocycles. The highest BCUT2D eigenvalue weighted by atomic mass is 35.5. The van der Waals surface area contributed by atoms with Crippen molar-refractivity contribution >= 4 is 44.4 Å². The molecule has 18 heteroatoms. The zero-order valence-corrected chi connectivity index (χ0v) is 28.4. The number of aliphatic imine (C=N–C) groups is 1. The zero-order valence-electron chi connectivity index (χ0n) is 26.8. The minimum Gasteiger partial charge on any atom is -0.360 e. The molecule has 3 atom stereocenters. The number of nitrogens with zero attached hydrogens (tertiary/aromatic N) is 4. The Kier molecular flexibility index (Phi) is 7.95. The molecule has 5 aromatic rings. The van der Waals surface area contributed by atoms with Crippen LogP contribution in [0.15, 0.2) is 53.7 Å². The summed E-state index contributed by atoms with van der Waals surface area (Å²) in [5, 5.41) is 6.68. The second kappa shape index (κ2) is 12.1. The largest absolute Gasteiger partial charge is 0.360 e. The molecule has 0 radical (unpaired) electrons. The summed E-state index contributed by atoms with van der Waals surface area (Å²) in [6.45, 7) is -0.852. The summed E-state index contributed by atoms with van der Waals surface area (Å²) in [4.78, 5) is 26.0. The molecule has 2 aliphatic carbocycles. The molecule has 1 fully saturated rings. The van der Waals surface area contributed by atoms with Crippen molar-refractivity contribution in [2.75, 3.05) is 6.26 Å². The molecule has 0 saturated heterocycles. The number of carbonyl (C=O) groups is 1. The Balaban J connectivity index is 1.23. The molecular formula is C34H26ClF6N7O3S. The molecule has 1 saturated carbocycles. The Bertz CT molecular complexity index is 2450. The van der Waals surface area contributed by atoms with Crippen molar-refractivity contribution in [1.82, 2.24) is 29.8 Å². The van der Waals surface area contributed by atoms with Crippen molar-refractivity contribution in [3.63, 3.8) is 0 Å². The fourth-order valence-corrected chi connectivity index (χ4v) is 8.18. The summed E-state index contributed by atoms with van der Waals surface area (Å²) in [6, 6.07) is 8.18. The molecule has 1 aliphatic heterocycles. The average Bonchev–Trinajstić information content (AvgIpc) is 3.29. The summed E-state index contributed by atoms with van der Waals surface area (Å²) in [5.74, 6) is -8.03. The van der Waals surface area contributed by atoms with Gasteiger partial charge in [0.15, 0.2) is 0 Å². The van der Waals surface area contributed by atoms with Crippen molar-refractivity contribution in [2.45, 2.75) is 50.2 Å². The molecule has 0 bridgehead atoms. The maximum atomic E-state index is 15.3. The predicted molar refractivity (Wildman–Crippen MR) is 178 cm³/mol. The van der Waals surface area contributed by atoms with Crippen LogP contribution < -0.4 is 10.0 Å². The first kappa shape index (κ1) is 34.2. The van der Waals surface area contributed by atoms with Gasteiger partial charge in [0.2, 0.25) is 15.9 Å². The first-order valence-electron chi connectivity index (χ1n) is 15.9. The molecule has 3 aromatic heterocycles. The number of fused-ring (bicyclic) bond motifs is 5. The van der Waals surface area contributed by atoms with E-state index in [1.54, 1.807) is 24.4 Å². The summed E-state index contributed by atoms with van der Waals surface area (Å²) >= 11 is 6.53. The Morgan fingerprint density at radius 3 is 2.56 bits per heavy atom. The third-order valence-corrected chi connectivity index (χ3v) is 10.4. The van der Waals surface area contributed by atoms with Crippen LogP contribution in [-0.4, -0.2) is 46.2 Å². The summed E-state index contributed by atoms with van der Waals surface area (Å²) in [7, 11) is -3.74. The first-order chi connectivity index (χ1) is 24.6. The van der Waals surface area contributed by atoms with E-state index >= 15 is 8.78 Å². The number of alkyl halides is 4. The number of H-pyrrole nitrogens is 1. The van der Waals surface area contributed by atoms with Crippen molar-refractivity contribution in [2.24, 2.45) is 10.9 Å². The highest BCUT2D eigenvalue weighted by Crippen LogP contribution is 2.68. The van der Waals surface area contributed by atoms with Gasteiger partial charge in [0.1, 0.15) is 35.4 Å². The van der Waals surface area contributed by atoms with Crippen LogP contribution in [0.5, 0.6) is 0 Å². The van der Waals surface area contributed by atoms with Crippen LogP contribution in [-0.2, 0) is 40.3 Å². The molecular weight excluding hydrogens is 736 g/mol. The normalized spacial score (nSPS) is 19.0. The molecule has 3 N–H and O–H groups in total. The van der Waals surface area contributed by atoms with Crippen LogP contribution in [0, 0.1) is 17.6 Å². The van der Waals surface area contributed by atoms with Crippen LogP contribution in [0.1, 0.15) is 64.1 Å². The van der Waals surface area contributed by atoms with Gasteiger partial charge in [0.05, 0.1) is 40.6 Å². The number of benzene rings is 2. The van der Waals surface area contributed by atoms with Gasteiger partial charge in [-0.3, -0.25) is 19.2 Å². The monoisotopic (exact) mass is 761 g/mol. The minimum absolute atomic E-state index is 0.00446. The summed E-state index contributed by atoms with van der Waals surface area (Å²) in [5.41, 5.74) is 1.28. The van der Waals surface area contributed by atoms with Crippen molar-refractivity contribution in [3.05, 3.63) is 105 Å². The Morgan fingerprint density at radius 2 is 1.85 bits per heavy atom. The second-order valence-corrected chi connectivity index (χ2v) is 15.3. The maximum Gasteiger partial charge on any atom is 0.293 e. The van der Waals surface area contributed by atoms with E-state index in [2.05, 4.69) is 25.1 Å². The number of rotatable bonds is 9. The van der Waals surface area contributed by atoms with E-state index in [9.17, 15) is 30.8 Å². The molecule has 0 spiro atoms. The lowest BCUT2D eigenvalue weighted by molar-refractivity contribution is -0.123. The number of nitrogens with one attached hydrogen (secondary N) is 3. The lowest BCUT2D eigenvalue weighted by atomic mass is 9.91. The van der Waals surface area contributed by atoms with Gasteiger partial charge in [-0.1, -0.05) is 17.7 Å². The minimum atomic E-state index is -3.74. The molecule has 4 heterocycles. The van der Waals surface area contributed by atoms with Crippen LogP contribution in [0.4, 0.5) is 26.3 Å². The SMILES string of the molecule is CS(=O)(=O)NC1=NCc2c(-c3cc4[nH]ccc4nc3[C@H](Cc3cc(F)cc(F)c3)NC(=O)Cn3nc(C(F)F)c4c3C(F)(F)[C@@H]3C[C@H]43)ccc(Cl)c21. The van der Waals surface area contributed by atoms with Gasteiger partial charge in [-0.2, -0.15) is 13.9 Å². The van der Waals surface area contributed by atoms with E-state index in [0.29, 0.717) is 44.0 Å². The number of amidine groups is 1. The van der Waals surface area contributed by atoms with Gasteiger partial charge in [0.25, 0.3) is 12.3 Å². The molecule has 270 valence electrons. The molecule has 0 unspecified atom stereocenters. The number of amides is 1. The number of sulfonamides is 1. The van der Waals surface area contributed by atoms with Crippen molar-refractivity contribution in [1.29, 1.82) is 0 Å². The number of pyridine rings is 1. The van der Waals surface area contributed by atoms with Crippen LogP contribution in [0.2, 0.25) is 5.02 Å². The molecule has 8 rings (SSSR count). The first-order valence-corrected chi connectivity index (χ1v) is 18.2. The van der Waals surface area contributed by atoms with Gasteiger partial charge in [-0.15, -0.1) is 0 Å². The summed E-state index contributed by atoms with van der Waals surface area (Å²) < 4.78 is 114. The Hall–Kier alpha value is -4.90. The fourth-order valence-electron chi connectivity index (χ4n) is 7.40. The number of hydrogen-bond donors (Lipinski definition) is 3.